The lowest BCUT2D eigenvalue weighted by Crippen LogP contribution is -2.04. The lowest BCUT2D eigenvalue weighted by atomic mass is 10.1. The van der Waals surface area contributed by atoms with Crippen LogP contribution in [0.1, 0.15) is 15.9 Å². The third-order valence-electron chi connectivity index (χ3n) is 1.57. The van der Waals surface area contributed by atoms with E-state index in [1.807, 2.05) is 0 Å². The molecule has 0 heterocycles. The number of rotatable bonds is 2. The minimum absolute atomic E-state index is 0.294. The number of hydrogen-bond donors (Lipinski definition) is 0. The number of carbonyl (C=O) groups is 1. The van der Waals surface area contributed by atoms with E-state index in [9.17, 15) is 9.18 Å². The number of methoxy groups -OCH3 is 1. The third-order valence-corrected chi connectivity index (χ3v) is 1.57. The minimum atomic E-state index is -0.648. The highest BCUT2D eigenvalue weighted by atomic mass is 19.1. The topological polar surface area (TPSA) is 26.3 Å². The summed E-state index contributed by atoms with van der Waals surface area (Å²) in [4.78, 5) is 11.0. The second-order valence-corrected chi connectivity index (χ2v) is 2.28. The average Bonchev–Trinajstić information content (AvgIpc) is 2.16. The molecule has 0 unspecified atom stereocenters. The molecule has 0 amide bonds. The molecule has 0 aromatic heterocycles. The van der Waals surface area contributed by atoms with E-state index >= 15 is 0 Å². The van der Waals surface area contributed by atoms with Gasteiger partial charge in [0.2, 0.25) is 0 Å². The Balaban J connectivity index is 3.04. The molecule has 0 aliphatic heterocycles. The van der Waals surface area contributed by atoms with Gasteiger partial charge in [-0.1, -0.05) is 18.2 Å². The van der Waals surface area contributed by atoms with Gasteiger partial charge < -0.3 is 4.74 Å². The summed E-state index contributed by atoms with van der Waals surface area (Å²) in [5.41, 5.74) is 0.659. The van der Waals surface area contributed by atoms with Crippen molar-refractivity contribution >= 4 is 5.97 Å². The molecule has 0 aliphatic rings. The van der Waals surface area contributed by atoms with Gasteiger partial charge in [-0.15, -0.1) is 0 Å². The summed E-state index contributed by atoms with van der Waals surface area (Å²) in [7, 11) is 1.28. The Kier molecular flexibility index (Phi) is 2.80. The molecule has 64 valence electrons. The van der Waals surface area contributed by atoms with Crippen molar-refractivity contribution in [2.75, 3.05) is 7.11 Å². The zero-order chi connectivity index (χ0) is 8.97. The van der Waals surface area contributed by atoms with Crippen molar-refractivity contribution in [1.29, 1.82) is 0 Å². The molecule has 0 radical (unpaired) electrons. The van der Waals surface area contributed by atoms with Gasteiger partial charge in [0, 0.05) is 0 Å². The highest BCUT2D eigenvalue weighted by Gasteiger charge is 2.09. The maximum Gasteiger partial charge on any atom is 0.338 e. The van der Waals surface area contributed by atoms with Crippen LogP contribution in [0.2, 0.25) is 0 Å². The molecule has 0 aliphatic carbocycles. The zero-order valence-electron chi connectivity index (χ0n) is 6.71. The predicted octanol–water partition coefficient (Wildman–Crippen LogP) is 1.94. The van der Waals surface area contributed by atoms with Gasteiger partial charge in [-0.25, -0.2) is 9.18 Å². The number of ether oxygens (including phenoxy) is 1. The van der Waals surface area contributed by atoms with Crippen LogP contribution in [-0.2, 0) is 11.4 Å². The fourth-order valence-electron chi connectivity index (χ4n) is 0.946. The Bertz CT molecular complexity index is 284. The van der Waals surface area contributed by atoms with Gasteiger partial charge in [0.05, 0.1) is 12.7 Å². The molecule has 1 aromatic rings. The molecular formula is C9H9FO2. The second kappa shape index (κ2) is 3.85. The number of halogens is 1. The molecule has 0 saturated carbocycles. The van der Waals surface area contributed by atoms with Crippen LogP contribution in [-0.4, -0.2) is 13.1 Å². The molecular weight excluding hydrogens is 159 g/mol. The van der Waals surface area contributed by atoms with Crippen molar-refractivity contribution < 1.29 is 13.9 Å². The summed E-state index contributed by atoms with van der Waals surface area (Å²) in [6.07, 6.45) is 0. The number of benzene rings is 1. The summed E-state index contributed by atoms with van der Waals surface area (Å²) >= 11 is 0. The summed E-state index contributed by atoms with van der Waals surface area (Å²) in [5, 5.41) is 0. The third kappa shape index (κ3) is 1.61. The van der Waals surface area contributed by atoms with E-state index in [4.69, 9.17) is 0 Å². The number of hydrogen-bond acceptors (Lipinski definition) is 2. The second-order valence-electron chi connectivity index (χ2n) is 2.28. The van der Waals surface area contributed by atoms with Crippen molar-refractivity contribution in [3.05, 3.63) is 35.4 Å². The summed E-state index contributed by atoms with van der Waals surface area (Å²) < 4.78 is 16.7. The van der Waals surface area contributed by atoms with Crippen LogP contribution in [0.15, 0.2) is 24.3 Å². The standard InChI is InChI=1S/C9H9FO2/c1-12-9(11)8-5-3-2-4-7(8)6-10/h2-5H,6H2,1H3. The van der Waals surface area contributed by atoms with Crippen LogP contribution in [0, 0.1) is 0 Å². The fourth-order valence-corrected chi connectivity index (χ4v) is 0.946. The van der Waals surface area contributed by atoms with E-state index in [0.29, 0.717) is 11.1 Å². The molecule has 12 heavy (non-hydrogen) atoms. The largest absolute Gasteiger partial charge is 0.465 e. The smallest absolute Gasteiger partial charge is 0.338 e. The Labute approximate surface area is 70.0 Å². The van der Waals surface area contributed by atoms with E-state index in [1.54, 1.807) is 24.3 Å². The summed E-state index contributed by atoms with van der Waals surface area (Å²) in [6.45, 7) is -0.648. The van der Waals surface area contributed by atoms with Gasteiger partial charge in [-0.3, -0.25) is 0 Å². The maximum atomic E-state index is 12.3. The molecule has 0 bridgehead atoms. The quantitative estimate of drug-likeness (QED) is 0.631. The molecule has 0 N–H and O–H groups in total. The SMILES string of the molecule is COC(=O)c1ccccc1CF. The van der Waals surface area contributed by atoms with E-state index in [-0.39, 0.29) is 0 Å². The van der Waals surface area contributed by atoms with Crippen molar-refractivity contribution in [2.24, 2.45) is 0 Å². The van der Waals surface area contributed by atoms with Gasteiger partial charge in [-0.05, 0) is 11.6 Å². The van der Waals surface area contributed by atoms with E-state index in [0.717, 1.165) is 0 Å². The average molecular weight is 168 g/mol. The number of carbonyl (C=O) groups excluding carboxylic acids is 1. The highest BCUT2D eigenvalue weighted by molar-refractivity contribution is 5.90. The molecule has 0 spiro atoms. The molecule has 1 aromatic carbocycles. The van der Waals surface area contributed by atoms with Crippen LogP contribution in [0.3, 0.4) is 0 Å². The Morgan fingerprint density at radius 3 is 2.75 bits per heavy atom. The normalized spacial score (nSPS) is 9.50. The van der Waals surface area contributed by atoms with Crippen LogP contribution in [0.4, 0.5) is 4.39 Å². The summed E-state index contributed by atoms with van der Waals surface area (Å²) in [6, 6.07) is 6.46. The van der Waals surface area contributed by atoms with Crippen molar-refractivity contribution in [3.8, 4) is 0 Å². The lowest BCUT2D eigenvalue weighted by Gasteiger charge is -2.02. The molecule has 2 nitrogen and oxygen atoms in total. The highest BCUT2D eigenvalue weighted by Crippen LogP contribution is 2.10. The molecule has 0 atom stereocenters. The van der Waals surface area contributed by atoms with Crippen LogP contribution < -0.4 is 0 Å². The van der Waals surface area contributed by atoms with Gasteiger partial charge in [0.25, 0.3) is 0 Å². The first kappa shape index (κ1) is 8.71. The Morgan fingerprint density at radius 2 is 2.17 bits per heavy atom. The maximum absolute atomic E-state index is 12.3. The molecule has 1 rings (SSSR count). The van der Waals surface area contributed by atoms with Crippen molar-refractivity contribution in [1.82, 2.24) is 0 Å². The van der Waals surface area contributed by atoms with Gasteiger partial charge >= 0.3 is 5.97 Å². The van der Waals surface area contributed by atoms with Crippen LogP contribution in [0.25, 0.3) is 0 Å². The zero-order valence-corrected chi connectivity index (χ0v) is 6.71. The first-order chi connectivity index (χ1) is 5.79. The van der Waals surface area contributed by atoms with Gasteiger partial charge in [-0.2, -0.15) is 0 Å². The lowest BCUT2D eigenvalue weighted by molar-refractivity contribution is 0.0598. The molecule has 0 saturated heterocycles. The van der Waals surface area contributed by atoms with Crippen molar-refractivity contribution in [3.63, 3.8) is 0 Å². The van der Waals surface area contributed by atoms with E-state index < -0.39 is 12.6 Å². The molecule has 3 heteroatoms. The Morgan fingerprint density at radius 1 is 1.50 bits per heavy atom. The fraction of sp³-hybridized carbons (Fsp3) is 0.222. The minimum Gasteiger partial charge on any atom is -0.465 e. The number of esters is 1. The van der Waals surface area contributed by atoms with Crippen LogP contribution >= 0.6 is 0 Å². The van der Waals surface area contributed by atoms with E-state index in [2.05, 4.69) is 4.74 Å². The van der Waals surface area contributed by atoms with Gasteiger partial charge in [0.1, 0.15) is 6.67 Å². The first-order valence-electron chi connectivity index (χ1n) is 3.51. The summed E-state index contributed by atoms with van der Waals surface area (Å²) in [5.74, 6) is -0.497. The number of alkyl halides is 1. The van der Waals surface area contributed by atoms with E-state index in [1.165, 1.54) is 7.11 Å². The van der Waals surface area contributed by atoms with Gasteiger partial charge in [0.15, 0.2) is 0 Å². The predicted molar refractivity (Wildman–Crippen MR) is 42.6 cm³/mol. The molecule has 0 fully saturated rings. The first-order valence-corrected chi connectivity index (χ1v) is 3.51. The Hall–Kier alpha value is -1.38. The van der Waals surface area contributed by atoms with Crippen molar-refractivity contribution in [2.45, 2.75) is 6.67 Å². The monoisotopic (exact) mass is 168 g/mol. The van der Waals surface area contributed by atoms with Crippen LogP contribution in [0.5, 0.6) is 0 Å².